The minimum atomic E-state index is -0.148. The van der Waals surface area contributed by atoms with Gasteiger partial charge in [0, 0.05) is 55.9 Å². The Morgan fingerprint density at radius 2 is 1.64 bits per heavy atom. The Morgan fingerprint density at radius 1 is 0.861 bits per heavy atom. The van der Waals surface area contributed by atoms with Crippen LogP contribution in [0.25, 0.3) is 28.2 Å². The number of benzene rings is 2. The number of thioether (sulfide) groups is 1. The molecule has 0 saturated carbocycles. The second-order valence-electron chi connectivity index (χ2n) is 9.69. The van der Waals surface area contributed by atoms with E-state index < -0.39 is 0 Å². The lowest BCUT2D eigenvalue weighted by molar-refractivity contribution is -0.113. The maximum Gasteiger partial charge on any atom is 0.286 e. The molecule has 36 heavy (non-hydrogen) atoms. The van der Waals surface area contributed by atoms with Gasteiger partial charge in [-0.3, -0.25) is 4.79 Å². The minimum absolute atomic E-state index is 0.148. The first-order valence-electron chi connectivity index (χ1n) is 12.7. The van der Waals surface area contributed by atoms with Crippen LogP contribution in [-0.4, -0.2) is 77.2 Å². The smallest absolute Gasteiger partial charge is 0.286 e. The number of amidine groups is 1. The lowest BCUT2D eigenvalue weighted by atomic mass is 10.0. The molecule has 3 aromatic rings. The van der Waals surface area contributed by atoms with Gasteiger partial charge in [0.15, 0.2) is 5.17 Å². The van der Waals surface area contributed by atoms with E-state index in [0.29, 0.717) is 4.91 Å². The van der Waals surface area contributed by atoms with E-state index in [1.54, 1.807) is 6.33 Å². The molecule has 3 aliphatic heterocycles. The number of nitrogens with zero attached hydrogens (tertiary/aromatic N) is 6. The highest BCUT2D eigenvalue weighted by Crippen LogP contribution is 2.33. The first-order valence-corrected chi connectivity index (χ1v) is 13.5. The average molecular weight is 499 g/mol. The minimum Gasteiger partial charge on any atom is -0.369 e. The lowest BCUT2D eigenvalue weighted by Crippen LogP contribution is -2.44. The van der Waals surface area contributed by atoms with Gasteiger partial charge in [-0.15, -0.1) is 0 Å². The van der Waals surface area contributed by atoms with Crippen LogP contribution in [0.1, 0.15) is 24.8 Å². The molecule has 7 nitrogen and oxygen atoms in total. The summed E-state index contributed by atoms with van der Waals surface area (Å²) >= 11 is 1.49. The number of fused-ring (bicyclic) bond motifs is 1. The zero-order valence-electron chi connectivity index (χ0n) is 20.6. The van der Waals surface area contributed by atoms with Crippen molar-refractivity contribution in [3.63, 3.8) is 0 Å². The number of likely N-dealkylation sites (tertiary alicyclic amines) is 1. The number of amides is 1. The standard InChI is InChI=1S/C28H30N6OS/c1-32-13-15-33(16-14-32)22-8-6-21(7-9-22)26-23-17-20(5-10-24(23)29-19-30-26)18-25-27(35)31-28(36-25)34-11-3-2-4-12-34/h5-10,17-19H,2-4,11-16H2,1H3. The summed E-state index contributed by atoms with van der Waals surface area (Å²) in [6.45, 7) is 6.23. The van der Waals surface area contributed by atoms with Gasteiger partial charge in [0.05, 0.1) is 16.1 Å². The summed E-state index contributed by atoms with van der Waals surface area (Å²) in [5, 5.41) is 1.82. The third-order valence-corrected chi connectivity index (χ3v) is 8.25. The topological polar surface area (TPSA) is 64.9 Å². The summed E-state index contributed by atoms with van der Waals surface area (Å²) in [5.74, 6) is -0.148. The van der Waals surface area contributed by atoms with E-state index in [-0.39, 0.29) is 5.91 Å². The van der Waals surface area contributed by atoms with Gasteiger partial charge in [0.2, 0.25) is 0 Å². The number of anilines is 1. The Morgan fingerprint density at radius 3 is 2.42 bits per heavy atom. The van der Waals surface area contributed by atoms with Crippen molar-refractivity contribution in [3.05, 3.63) is 59.3 Å². The molecule has 8 heteroatoms. The Hall–Kier alpha value is -3.23. The maximum atomic E-state index is 12.6. The number of carbonyl (C=O) groups is 1. The molecule has 0 unspecified atom stereocenters. The summed E-state index contributed by atoms with van der Waals surface area (Å²) in [4.78, 5) is 33.8. The molecule has 0 spiro atoms. The molecule has 0 radical (unpaired) electrons. The molecule has 3 aliphatic rings. The number of aromatic nitrogens is 2. The largest absolute Gasteiger partial charge is 0.369 e. The van der Waals surface area contributed by atoms with E-state index in [0.717, 1.165) is 85.0 Å². The first kappa shape index (κ1) is 23.2. The van der Waals surface area contributed by atoms with Gasteiger partial charge in [-0.1, -0.05) is 18.2 Å². The zero-order valence-corrected chi connectivity index (χ0v) is 21.4. The van der Waals surface area contributed by atoms with Crippen LogP contribution < -0.4 is 4.90 Å². The van der Waals surface area contributed by atoms with E-state index >= 15 is 0 Å². The maximum absolute atomic E-state index is 12.6. The van der Waals surface area contributed by atoms with E-state index in [1.807, 2.05) is 18.2 Å². The van der Waals surface area contributed by atoms with Crippen molar-refractivity contribution in [1.82, 2.24) is 19.8 Å². The molecule has 6 rings (SSSR count). The molecule has 0 N–H and O–H groups in total. The number of piperidine rings is 1. The number of piperazine rings is 1. The predicted octanol–water partition coefficient (Wildman–Crippen LogP) is 4.50. The van der Waals surface area contributed by atoms with Crippen molar-refractivity contribution in [1.29, 1.82) is 0 Å². The normalized spacial score (nSPS) is 20.4. The van der Waals surface area contributed by atoms with Gasteiger partial charge in [0.25, 0.3) is 5.91 Å². The predicted molar refractivity (Wildman–Crippen MR) is 148 cm³/mol. The number of carbonyl (C=O) groups excluding carboxylic acids is 1. The van der Waals surface area contributed by atoms with Gasteiger partial charge in [0.1, 0.15) is 6.33 Å². The van der Waals surface area contributed by atoms with Crippen LogP contribution in [0.4, 0.5) is 5.69 Å². The van der Waals surface area contributed by atoms with E-state index in [4.69, 9.17) is 0 Å². The first-order chi connectivity index (χ1) is 17.6. The van der Waals surface area contributed by atoms with Crippen LogP contribution in [0.5, 0.6) is 0 Å². The van der Waals surface area contributed by atoms with Crippen LogP contribution in [0.3, 0.4) is 0 Å². The molecule has 1 aromatic heterocycles. The Balaban J connectivity index is 1.26. The highest BCUT2D eigenvalue weighted by atomic mass is 32.2. The molecule has 1 amide bonds. The van der Waals surface area contributed by atoms with Crippen LogP contribution >= 0.6 is 11.8 Å². The monoisotopic (exact) mass is 498 g/mol. The Kier molecular flexibility index (Phi) is 6.46. The second-order valence-corrected chi connectivity index (χ2v) is 10.7. The Labute approximate surface area is 215 Å². The number of rotatable bonds is 3. The summed E-state index contributed by atoms with van der Waals surface area (Å²) in [6.07, 6.45) is 7.15. The van der Waals surface area contributed by atoms with Gasteiger partial charge < -0.3 is 14.7 Å². The molecule has 2 fully saturated rings. The molecular weight excluding hydrogens is 468 g/mol. The third-order valence-electron chi connectivity index (χ3n) is 7.20. The number of hydrogen-bond acceptors (Lipinski definition) is 7. The van der Waals surface area contributed by atoms with Crippen LogP contribution in [0, 0.1) is 0 Å². The van der Waals surface area contributed by atoms with Crippen molar-refractivity contribution in [2.45, 2.75) is 19.3 Å². The zero-order chi connectivity index (χ0) is 24.5. The second kappa shape index (κ2) is 10.0. The number of likely N-dealkylation sites (N-methyl/N-ethyl adjacent to an activating group) is 1. The van der Waals surface area contributed by atoms with Crippen LogP contribution in [-0.2, 0) is 4.79 Å². The van der Waals surface area contributed by atoms with E-state index in [2.05, 4.69) is 67.0 Å². The average Bonchev–Trinajstić information content (AvgIpc) is 3.29. The van der Waals surface area contributed by atoms with Crippen LogP contribution in [0.15, 0.2) is 58.7 Å². The van der Waals surface area contributed by atoms with Crippen molar-refractivity contribution < 1.29 is 4.79 Å². The fourth-order valence-electron chi connectivity index (χ4n) is 5.06. The number of hydrogen-bond donors (Lipinski definition) is 0. The molecule has 0 bridgehead atoms. The van der Waals surface area contributed by atoms with Gasteiger partial charge in [-0.25, -0.2) is 9.97 Å². The summed E-state index contributed by atoms with van der Waals surface area (Å²) in [7, 11) is 2.17. The lowest BCUT2D eigenvalue weighted by Gasteiger charge is -2.34. The van der Waals surface area contributed by atoms with E-state index in [1.165, 1.54) is 23.9 Å². The molecular formula is C28H30N6OS. The number of aliphatic imine (C=N–C) groups is 1. The fraction of sp³-hybridized carbons (Fsp3) is 0.357. The molecule has 0 atom stereocenters. The highest BCUT2D eigenvalue weighted by Gasteiger charge is 2.27. The molecule has 2 aromatic carbocycles. The van der Waals surface area contributed by atoms with Gasteiger partial charge in [-0.2, -0.15) is 4.99 Å². The van der Waals surface area contributed by atoms with Crippen molar-refractivity contribution in [2.24, 2.45) is 4.99 Å². The highest BCUT2D eigenvalue weighted by molar-refractivity contribution is 8.18. The van der Waals surface area contributed by atoms with Gasteiger partial charge >= 0.3 is 0 Å². The SMILES string of the molecule is CN1CCN(c2ccc(-c3ncnc4ccc(C=C5SC(N6CCCCC6)=NC5=O)cc34)cc2)CC1. The summed E-state index contributed by atoms with van der Waals surface area (Å²) in [6, 6.07) is 14.8. The third kappa shape index (κ3) is 4.75. The molecule has 2 saturated heterocycles. The van der Waals surface area contributed by atoms with Gasteiger partial charge in [-0.05, 0) is 74.0 Å². The summed E-state index contributed by atoms with van der Waals surface area (Å²) in [5.41, 5.74) is 5.06. The van der Waals surface area contributed by atoms with Crippen molar-refractivity contribution in [2.75, 3.05) is 51.2 Å². The van der Waals surface area contributed by atoms with E-state index in [9.17, 15) is 4.79 Å². The van der Waals surface area contributed by atoms with Crippen LogP contribution in [0.2, 0.25) is 0 Å². The Bertz CT molecular complexity index is 1340. The molecule has 0 aliphatic carbocycles. The fourth-order valence-corrected chi connectivity index (χ4v) is 6.02. The van der Waals surface area contributed by atoms with Crippen molar-refractivity contribution >= 4 is 45.5 Å². The quantitative estimate of drug-likeness (QED) is 0.493. The summed E-state index contributed by atoms with van der Waals surface area (Å²) < 4.78 is 0. The molecule has 4 heterocycles. The van der Waals surface area contributed by atoms with Crippen molar-refractivity contribution in [3.8, 4) is 11.3 Å². The molecule has 184 valence electrons.